The quantitative estimate of drug-likeness (QED) is 0.896. The molecule has 2 saturated heterocycles. The number of likely N-dealkylation sites (tertiary alicyclic amines) is 1. The number of amides is 2. The van der Waals surface area contributed by atoms with E-state index in [2.05, 4.69) is 15.4 Å². The normalized spacial score (nSPS) is 27.2. The van der Waals surface area contributed by atoms with E-state index in [-0.39, 0.29) is 12.1 Å². The summed E-state index contributed by atoms with van der Waals surface area (Å²) >= 11 is 0. The van der Waals surface area contributed by atoms with Crippen LogP contribution >= 0.6 is 0 Å². The average molecular weight is 322 g/mol. The maximum atomic E-state index is 11.7. The first-order chi connectivity index (χ1) is 11.0. The largest absolute Gasteiger partial charge is 0.376 e. The van der Waals surface area contributed by atoms with E-state index in [1.165, 1.54) is 5.56 Å². The number of carbonyl (C=O) groups is 1. The molecule has 0 unspecified atom stereocenters. The lowest BCUT2D eigenvalue weighted by molar-refractivity contribution is 0.0939. The third-order valence-corrected chi connectivity index (χ3v) is 5.00. The van der Waals surface area contributed by atoms with Gasteiger partial charge in [-0.1, -0.05) is 5.16 Å². The molecule has 0 bridgehead atoms. The Morgan fingerprint density at radius 3 is 2.83 bits per heavy atom. The molecule has 2 aliphatic rings. The van der Waals surface area contributed by atoms with Crippen molar-refractivity contribution in [2.45, 2.75) is 26.5 Å². The van der Waals surface area contributed by atoms with Crippen molar-refractivity contribution in [2.75, 3.05) is 40.3 Å². The van der Waals surface area contributed by atoms with Crippen LogP contribution in [0.25, 0.3) is 0 Å². The van der Waals surface area contributed by atoms with Gasteiger partial charge in [0.15, 0.2) is 0 Å². The molecule has 3 rings (SSSR count). The van der Waals surface area contributed by atoms with Crippen LogP contribution in [0.2, 0.25) is 0 Å². The minimum atomic E-state index is -0.0426. The molecule has 1 aromatic rings. The summed E-state index contributed by atoms with van der Waals surface area (Å²) in [5, 5.41) is 7.00. The van der Waals surface area contributed by atoms with Crippen molar-refractivity contribution in [2.24, 2.45) is 11.8 Å². The van der Waals surface area contributed by atoms with E-state index < -0.39 is 0 Å². The van der Waals surface area contributed by atoms with Crippen LogP contribution in [0.15, 0.2) is 4.52 Å². The molecule has 3 heterocycles. The van der Waals surface area contributed by atoms with Crippen LogP contribution in [0.5, 0.6) is 0 Å². The lowest BCUT2D eigenvalue weighted by Crippen LogP contribution is -2.39. The van der Waals surface area contributed by atoms with Crippen molar-refractivity contribution in [1.82, 2.24) is 20.3 Å². The number of urea groups is 1. The molecule has 128 valence electrons. The van der Waals surface area contributed by atoms with Gasteiger partial charge in [-0.15, -0.1) is 0 Å². The van der Waals surface area contributed by atoms with Crippen molar-refractivity contribution in [3.05, 3.63) is 17.0 Å². The smallest absolute Gasteiger partial charge is 0.316 e. The predicted octanol–water partition coefficient (Wildman–Crippen LogP) is 1.01. The Hall–Kier alpha value is -1.60. The Labute approximate surface area is 136 Å². The molecular formula is C16H26N4O3. The molecule has 0 aromatic carbocycles. The zero-order valence-corrected chi connectivity index (χ0v) is 14.3. The van der Waals surface area contributed by atoms with E-state index in [1.54, 1.807) is 19.0 Å². The number of nitrogens with zero attached hydrogens (tertiary/aromatic N) is 3. The number of nitrogens with one attached hydrogen (secondary N) is 1. The molecule has 0 spiro atoms. The molecule has 0 aliphatic carbocycles. The lowest BCUT2D eigenvalue weighted by Gasteiger charge is -2.20. The second-order valence-electron chi connectivity index (χ2n) is 6.87. The highest BCUT2D eigenvalue weighted by Gasteiger charge is 2.43. The standard InChI is InChI=1S/C16H26N4O3/c1-10-13(11(2)23-18-10)6-20-7-14-12(9-22-15(14)8-20)5-17-16(21)19(3)4/h12,14-15H,5-9H2,1-4H3,(H,17,21)/t12-,14-,15-/m1/s1. The SMILES string of the molecule is Cc1noc(C)c1CN1C[C@@H]2[C@H](CNC(=O)N(C)C)CO[C@@H]2C1. The third-order valence-electron chi connectivity index (χ3n) is 5.00. The summed E-state index contributed by atoms with van der Waals surface area (Å²) in [7, 11) is 3.51. The van der Waals surface area contributed by atoms with Crippen LogP contribution < -0.4 is 5.32 Å². The maximum absolute atomic E-state index is 11.7. The van der Waals surface area contributed by atoms with Crippen molar-refractivity contribution in [3.63, 3.8) is 0 Å². The monoisotopic (exact) mass is 322 g/mol. The number of carbonyl (C=O) groups excluding carboxylic acids is 1. The Morgan fingerprint density at radius 1 is 1.39 bits per heavy atom. The minimum Gasteiger partial charge on any atom is -0.376 e. The van der Waals surface area contributed by atoms with Crippen molar-refractivity contribution < 1.29 is 14.1 Å². The Balaban J connectivity index is 1.55. The van der Waals surface area contributed by atoms with Gasteiger partial charge in [-0.05, 0) is 13.8 Å². The Kier molecular flexibility index (Phi) is 4.59. The van der Waals surface area contributed by atoms with Gasteiger partial charge in [0.05, 0.1) is 18.4 Å². The molecule has 3 atom stereocenters. The number of hydrogen-bond acceptors (Lipinski definition) is 5. The number of aryl methyl sites for hydroxylation is 2. The number of aromatic nitrogens is 1. The fourth-order valence-electron chi connectivity index (χ4n) is 3.55. The molecule has 0 radical (unpaired) electrons. The van der Waals surface area contributed by atoms with Gasteiger partial charge in [0.25, 0.3) is 0 Å². The van der Waals surface area contributed by atoms with E-state index in [0.717, 1.165) is 37.7 Å². The van der Waals surface area contributed by atoms with E-state index in [0.29, 0.717) is 18.4 Å². The lowest BCUT2D eigenvalue weighted by atomic mass is 9.93. The van der Waals surface area contributed by atoms with Crippen molar-refractivity contribution in [3.8, 4) is 0 Å². The van der Waals surface area contributed by atoms with Gasteiger partial charge in [-0.25, -0.2) is 4.79 Å². The Morgan fingerprint density at radius 2 is 2.17 bits per heavy atom. The van der Waals surface area contributed by atoms with Gasteiger partial charge in [0.1, 0.15) is 5.76 Å². The van der Waals surface area contributed by atoms with Gasteiger partial charge < -0.3 is 19.5 Å². The topological polar surface area (TPSA) is 70.8 Å². The van der Waals surface area contributed by atoms with Crippen LogP contribution in [0, 0.1) is 25.7 Å². The number of ether oxygens (including phenoxy) is 1. The molecule has 2 aliphatic heterocycles. The highest BCUT2D eigenvalue weighted by molar-refractivity contribution is 5.73. The molecule has 7 heteroatoms. The van der Waals surface area contributed by atoms with Gasteiger partial charge >= 0.3 is 6.03 Å². The third kappa shape index (κ3) is 3.35. The Bertz CT molecular complexity index is 552. The van der Waals surface area contributed by atoms with Gasteiger partial charge in [0.2, 0.25) is 0 Å². The molecule has 7 nitrogen and oxygen atoms in total. The summed E-state index contributed by atoms with van der Waals surface area (Å²) in [5.74, 6) is 1.77. The summed E-state index contributed by atoms with van der Waals surface area (Å²) < 4.78 is 11.2. The zero-order valence-electron chi connectivity index (χ0n) is 14.3. The van der Waals surface area contributed by atoms with Crippen LogP contribution in [0.4, 0.5) is 4.79 Å². The van der Waals surface area contributed by atoms with Gasteiger partial charge in [0, 0.05) is 57.7 Å². The number of rotatable bonds is 4. The van der Waals surface area contributed by atoms with Crippen molar-refractivity contribution >= 4 is 6.03 Å². The van der Waals surface area contributed by atoms with Crippen molar-refractivity contribution in [1.29, 1.82) is 0 Å². The zero-order chi connectivity index (χ0) is 16.6. The first kappa shape index (κ1) is 16.3. The second-order valence-corrected chi connectivity index (χ2v) is 6.87. The van der Waals surface area contributed by atoms with Crippen LogP contribution in [0.3, 0.4) is 0 Å². The highest BCUT2D eigenvalue weighted by atomic mass is 16.5. The fourth-order valence-corrected chi connectivity index (χ4v) is 3.55. The molecule has 2 fully saturated rings. The summed E-state index contributed by atoms with van der Waals surface area (Å²) in [6.45, 7) is 8.15. The minimum absolute atomic E-state index is 0.0426. The van der Waals surface area contributed by atoms with E-state index in [4.69, 9.17) is 9.26 Å². The van der Waals surface area contributed by atoms with Gasteiger partial charge in [-0.3, -0.25) is 4.90 Å². The van der Waals surface area contributed by atoms with E-state index >= 15 is 0 Å². The molecule has 1 aromatic heterocycles. The summed E-state index contributed by atoms with van der Waals surface area (Å²) in [4.78, 5) is 15.7. The van der Waals surface area contributed by atoms with Crippen LogP contribution in [-0.4, -0.2) is 67.4 Å². The summed E-state index contributed by atoms with van der Waals surface area (Å²) in [6, 6.07) is -0.0426. The summed E-state index contributed by atoms with van der Waals surface area (Å²) in [6.07, 6.45) is 0.275. The molecule has 1 N–H and O–H groups in total. The van der Waals surface area contributed by atoms with E-state index in [1.807, 2.05) is 13.8 Å². The highest BCUT2D eigenvalue weighted by Crippen LogP contribution is 2.34. The van der Waals surface area contributed by atoms with Crippen LogP contribution in [-0.2, 0) is 11.3 Å². The molecule has 2 amide bonds. The van der Waals surface area contributed by atoms with Gasteiger partial charge in [-0.2, -0.15) is 0 Å². The first-order valence-corrected chi connectivity index (χ1v) is 8.16. The molecule has 23 heavy (non-hydrogen) atoms. The predicted molar refractivity (Wildman–Crippen MR) is 85.1 cm³/mol. The molecule has 0 saturated carbocycles. The maximum Gasteiger partial charge on any atom is 0.316 e. The fraction of sp³-hybridized carbons (Fsp3) is 0.750. The number of hydrogen-bond donors (Lipinski definition) is 1. The summed E-state index contributed by atoms with van der Waals surface area (Å²) in [5.41, 5.74) is 2.15. The average Bonchev–Trinajstić information content (AvgIpc) is 3.15. The second kappa shape index (κ2) is 6.49. The molecular weight excluding hydrogens is 296 g/mol. The van der Waals surface area contributed by atoms with E-state index in [9.17, 15) is 4.79 Å². The number of fused-ring (bicyclic) bond motifs is 1. The first-order valence-electron chi connectivity index (χ1n) is 8.16. The van der Waals surface area contributed by atoms with Crippen LogP contribution in [0.1, 0.15) is 17.0 Å².